The molecule has 0 saturated carbocycles. The van der Waals surface area contributed by atoms with Crippen molar-refractivity contribution in [2.75, 3.05) is 19.6 Å². The van der Waals surface area contributed by atoms with Gasteiger partial charge in [0.2, 0.25) is 5.91 Å². The lowest BCUT2D eigenvalue weighted by molar-refractivity contribution is -0.131. The van der Waals surface area contributed by atoms with Crippen molar-refractivity contribution in [1.82, 2.24) is 10.2 Å². The van der Waals surface area contributed by atoms with Crippen LogP contribution in [0.1, 0.15) is 34.7 Å². The van der Waals surface area contributed by atoms with E-state index < -0.39 is 0 Å². The number of amides is 2. The van der Waals surface area contributed by atoms with Crippen LogP contribution in [0.5, 0.6) is 0 Å². The summed E-state index contributed by atoms with van der Waals surface area (Å²) in [6.45, 7) is 1.52. The van der Waals surface area contributed by atoms with Crippen LogP contribution in [0.4, 0.5) is 0 Å². The van der Waals surface area contributed by atoms with E-state index in [0.717, 1.165) is 37.1 Å². The monoisotopic (exact) mass is 404 g/mol. The number of hydrogen-bond donors (Lipinski definition) is 1. The predicted octanol–water partition coefficient (Wildman–Crippen LogP) is 4.55. The molecular formula is C24H24N2O2S. The molecule has 0 aliphatic carbocycles. The van der Waals surface area contributed by atoms with Gasteiger partial charge in [0.1, 0.15) is 0 Å². The van der Waals surface area contributed by atoms with Gasteiger partial charge in [-0.3, -0.25) is 9.59 Å². The Labute approximate surface area is 175 Å². The van der Waals surface area contributed by atoms with E-state index >= 15 is 0 Å². The summed E-state index contributed by atoms with van der Waals surface area (Å²) in [5, 5.41) is 6.85. The van der Waals surface area contributed by atoms with E-state index in [-0.39, 0.29) is 18.4 Å². The van der Waals surface area contributed by atoms with Crippen molar-refractivity contribution in [2.45, 2.75) is 18.8 Å². The standard InChI is InChI=1S/C24H24N2O2S/c27-23(26-12-9-19(10-13-26)18-5-2-1-3-6-18)16-25-24(28)21-8-4-7-20(15-21)22-11-14-29-17-22/h1-8,11,14-15,17,19H,9-10,12-13,16H2,(H,25,28). The zero-order valence-corrected chi connectivity index (χ0v) is 17.0. The molecule has 0 bridgehead atoms. The first-order valence-electron chi connectivity index (χ1n) is 9.94. The molecule has 4 nitrogen and oxygen atoms in total. The Morgan fingerprint density at radius 1 is 0.966 bits per heavy atom. The number of likely N-dealkylation sites (tertiary alicyclic amines) is 1. The number of carbonyl (C=O) groups excluding carboxylic acids is 2. The number of piperidine rings is 1. The summed E-state index contributed by atoms with van der Waals surface area (Å²) in [6.07, 6.45) is 1.93. The minimum Gasteiger partial charge on any atom is -0.343 e. The Kier molecular flexibility index (Phi) is 6.06. The number of rotatable bonds is 5. The van der Waals surface area contributed by atoms with Crippen molar-refractivity contribution in [3.63, 3.8) is 0 Å². The fourth-order valence-electron chi connectivity index (χ4n) is 3.83. The van der Waals surface area contributed by atoms with Gasteiger partial charge in [0.25, 0.3) is 5.91 Å². The van der Waals surface area contributed by atoms with Crippen LogP contribution in [0.25, 0.3) is 11.1 Å². The van der Waals surface area contributed by atoms with Gasteiger partial charge in [-0.25, -0.2) is 0 Å². The lowest BCUT2D eigenvalue weighted by Crippen LogP contribution is -2.43. The van der Waals surface area contributed by atoms with Crippen molar-refractivity contribution < 1.29 is 9.59 Å². The molecular weight excluding hydrogens is 380 g/mol. The molecule has 1 aliphatic heterocycles. The van der Waals surface area contributed by atoms with Gasteiger partial charge in [-0.15, -0.1) is 0 Å². The molecule has 1 saturated heterocycles. The third kappa shape index (κ3) is 4.74. The van der Waals surface area contributed by atoms with E-state index in [2.05, 4.69) is 35.0 Å². The number of nitrogens with zero attached hydrogens (tertiary/aromatic N) is 1. The molecule has 0 atom stereocenters. The highest BCUT2D eigenvalue weighted by Gasteiger charge is 2.23. The molecule has 1 N–H and O–H groups in total. The van der Waals surface area contributed by atoms with Crippen molar-refractivity contribution in [3.05, 3.63) is 82.6 Å². The van der Waals surface area contributed by atoms with E-state index in [9.17, 15) is 9.59 Å². The van der Waals surface area contributed by atoms with Crippen LogP contribution in [0.2, 0.25) is 0 Å². The minimum atomic E-state index is -0.213. The maximum absolute atomic E-state index is 12.5. The maximum Gasteiger partial charge on any atom is 0.251 e. The molecule has 2 aromatic carbocycles. The summed E-state index contributed by atoms with van der Waals surface area (Å²) >= 11 is 1.63. The Morgan fingerprint density at radius 3 is 2.48 bits per heavy atom. The second-order valence-electron chi connectivity index (χ2n) is 7.34. The predicted molar refractivity (Wildman–Crippen MR) is 117 cm³/mol. The summed E-state index contributed by atoms with van der Waals surface area (Å²) < 4.78 is 0. The quantitative estimate of drug-likeness (QED) is 0.678. The van der Waals surface area contributed by atoms with Crippen LogP contribution in [-0.2, 0) is 4.79 Å². The van der Waals surface area contributed by atoms with Gasteiger partial charge in [-0.1, -0.05) is 42.5 Å². The van der Waals surface area contributed by atoms with E-state index in [1.165, 1.54) is 5.56 Å². The van der Waals surface area contributed by atoms with Crippen molar-refractivity contribution >= 4 is 23.2 Å². The highest BCUT2D eigenvalue weighted by Crippen LogP contribution is 2.27. The van der Waals surface area contributed by atoms with Gasteiger partial charge in [0.15, 0.2) is 0 Å². The lowest BCUT2D eigenvalue weighted by atomic mass is 9.89. The molecule has 2 amide bonds. The Morgan fingerprint density at radius 2 is 1.76 bits per heavy atom. The van der Waals surface area contributed by atoms with Crippen molar-refractivity contribution in [1.29, 1.82) is 0 Å². The molecule has 2 heterocycles. The largest absolute Gasteiger partial charge is 0.343 e. The first kappa shape index (κ1) is 19.4. The summed E-state index contributed by atoms with van der Waals surface area (Å²) in [4.78, 5) is 26.9. The molecule has 29 heavy (non-hydrogen) atoms. The fraction of sp³-hybridized carbons (Fsp3) is 0.250. The van der Waals surface area contributed by atoms with Crippen LogP contribution < -0.4 is 5.32 Å². The Balaban J connectivity index is 1.29. The molecule has 4 rings (SSSR count). The van der Waals surface area contributed by atoms with Crippen LogP contribution in [0.3, 0.4) is 0 Å². The highest BCUT2D eigenvalue weighted by atomic mass is 32.1. The van der Waals surface area contributed by atoms with Gasteiger partial charge in [-0.2, -0.15) is 11.3 Å². The minimum absolute atomic E-state index is 0.0150. The average molecular weight is 405 g/mol. The zero-order chi connectivity index (χ0) is 20.1. The second-order valence-corrected chi connectivity index (χ2v) is 8.12. The first-order chi connectivity index (χ1) is 14.2. The summed E-state index contributed by atoms with van der Waals surface area (Å²) in [7, 11) is 0. The lowest BCUT2D eigenvalue weighted by Gasteiger charge is -2.32. The zero-order valence-electron chi connectivity index (χ0n) is 16.2. The summed E-state index contributed by atoms with van der Waals surface area (Å²) in [5.41, 5.74) is 4.03. The Bertz CT molecular complexity index is 962. The van der Waals surface area contributed by atoms with Gasteiger partial charge in [0.05, 0.1) is 6.54 Å². The molecule has 1 aliphatic rings. The van der Waals surface area contributed by atoms with E-state index in [1.807, 2.05) is 40.6 Å². The molecule has 1 fully saturated rings. The van der Waals surface area contributed by atoms with E-state index in [4.69, 9.17) is 0 Å². The third-order valence-electron chi connectivity index (χ3n) is 5.50. The van der Waals surface area contributed by atoms with Gasteiger partial charge < -0.3 is 10.2 Å². The number of benzene rings is 2. The number of thiophene rings is 1. The second kappa shape index (κ2) is 9.05. The van der Waals surface area contributed by atoms with Crippen molar-refractivity contribution in [2.24, 2.45) is 0 Å². The fourth-order valence-corrected chi connectivity index (χ4v) is 4.49. The number of carbonyl (C=O) groups is 2. The summed E-state index contributed by atoms with van der Waals surface area (Å²) in [5.74, 6) is 0.281. The van der Waals surface area contributed by atoms with Gasteiger partial charge >= 0.3 is 0 Å². The SMILES string of the molecule is O=C(NCC(=O)N1CCC(c2ccccc2)CC1)c1cccc(-c2ccsc2)c1. The van der Waals surface area contributed by atoms with Crippen LogP contribution in [-0.4, -0.2) is 36.3 Å². The van der Waals surface area contributed by atoms with Gasteiger partial charge in [0, 0.05) is 18.7 Å². The maximum atomic E-state index is 12.5. The number of nitrogens with one attached hydrogen (secondary N) is 1. The van der Waals surface area contributed by atoms with Gasteiger partial charge in [-0.05, 0) is 64.4 Å². The van der Waals surface area contributed by atoms with Crippen molar-refractivity contribution in [3.8, 4) is 11.1 Å². The van der Waals surface area contributed by atoms with Crippen LogP contribution in [0.15, 0.2) is 71.4 Å². The van der Waals surface area contributed by atoms with E-state index in [0.29, 0.717) is 11.5 Å². The Hall–Kier alpha value is -2.92. The molecule has 0 spiro atoms. The topological polar surface area (TPSA) is 49.4 Å². The number of hydrogen-bond acceptors (Lipinski definition) is 3. The van der Waals surface area contributed by atoms with Crippen LogP contribution >= 0.6 is 11.3 Å². The van der Waals surface area contributed by atoms with E-state index in [1.54, 1.807) is 17.4 Å². The molecule has 0 unspecified atom stereocenters. The first-order valence-corrected chi connectivity index (χ1v) is 10.9. The highest BCUT2D eigenvalue weighted by molar-refractivity contribution is 7.08. The molecule has 148 valence electrons. The normalized spacial score (nSPS) is 14.6. The molecule has 3 aromatic rings. The summed E-state index contributed by atoms with van der Waals surface area (Å²) in [6, 6.07) is 20.0. The van der Waals surface area contributed by atoms with Crippen LogP contribution in [0, 0.1) is 0 Å². The molecule has 1 aromatic heterocycles. The third-order valence-corrected chi connectivity index (χ3v) is 6.18. The smallest absolute Gasteiger partial charge is 0.251 e. The molecule has 5 heteroatoms. The molecule has 0 radical (unpaired) electrons. The average Bonchev–Trinajstić information content (AvgIpc) is 3.33.